The zero-order valence-electron chi connectivity index (χ0n) is 18.7. The van der Waals surface area contributed by atoms with E-state index in [0.29, 0.717) is 44.5 Å². The number of nitrogens with zero attached hydrogens (tertiary/aromatic N) is 2. The van der Waals surface area contributed by atoms with Crippen molar-refractivity contribution in [3.05, 3.63) is 36.4 Å². The Balaban J connectivity index is 1.23. The summed E-state index contributed by atoms with van der Waals surface area (Å²) < 4.78 is 22.7. The first-order valence-electron chi connectivity index (χ1n) is 11.4. The lowest BCUT2D eigenvalue weighted by Crippen LogP contribution is -2.43. The van der Waals surface area contributed by atoms with Crippen LogP contribution in [0.2, 0.25) is 0 Å². The number of primary sulfonamides is 1. The van der Waals surface area contributed by atoms with Gasteiger partial charge in [-0.15, -0.1) is 0 Å². The quantitative estimate of drug-likeness (QED) is 0.448. The molecular weight excluding hydrogens is 460 g/mol. The Morgan fingerprint density at radius 2 is 1.53 bits per heavy atom. The first kappa shape index (κ1) is 24.1. The van der Waals surface area contributed by atoms with Gasteiger partial charge in [-0.2, -0.15) is 0 Å². The highest BCUT2D eigenvalue weighted by Crippen LogP contribution is 2.35. The topological polar surface area (TPSA) is 147 Å². The molecular formula is C23H28N4O6S. The number of imide groups is 1. The fraction of sp³-hybridized carbons (Fsp3) is 0.478. The van der Waals surface area contributed by atoms with Crippen molar-refractivity contribution in [2.45, 2.75) is 37.0 Å². The molecule has 34 heavy (non-hydrogen) atoms. The zero-order valence-corrected chi connectivity index (χ0v) is 19.5. The molecule has 1 aromatic rings. The highest BCUT2D eigenvalue weighted by Gasteiger charge is 2.47. The molecule has 2 atom stereocenters. The molecule has 2 saturated heterocycles. The van der Waals surface area contributed by atoms with Crippen molar-refractivity contribution in [3.63, 3.8) is 0 Å². The van der Waals surface area contributed by atoms with Crippen molar-refractivity contribution >= 4 is 39.3 Å². The van der Waals surface area contributed by atoms with Crippen molar-refractivity contribution in [3.8, 4) is 0 Å². The minimum absolute atomic E-state index is 0.0370. The van der Waals surface area contributed by atoms with E-state index >= 15 is 0 Å². The lowest BCUT2D eigenvalue weighted by atomic mass is 9.85. The van der Waals surface area contributed by atoms with Gasteiger partial charge >= 0.3 is 0 Å². The monoisotopic (exact) mass is 488 g/mol. The van der Waals surface area contributed by atoms with Gasteiger partial charge in [-0.1, -0.05) is 12.2 Å². The van der Waals surface area contributed by atoms with Crippen LogP contribution < -0.4 is 10.5 Å². The summed E-state index contributed by atoms with van der Waals surface area (Å²) in [6.45, 7) is 0.926. The number of likely N-dealkylation sites (tertiary alicyclic amines) is 2. The maximum absolute atomic E-state index is 12.7. The number of nitrogens with one attached hydrogen (secondary N) is 1. The van der Waals surface area contributed by atoms with E-state index in [9.17, 15) is 27.6 Å². The summed E-state index contributed by atoms with van der Waals surface area (Å²) in [5.74, 6) is -1.56. The second-order valence-corrected chi connectivity index (χ2v) is 10.5. The largest absolute Gasteiger partial charge is 0.343 e. The second-order valence-electron chi connectivity index (χ2n) is 8.95. The number of anilines is 1. The fourth-order valence-electron chi connectivity index (χ4n) is 4.82. The van der Waals surface area contributed by atoms with Gasteiger partial charge in [0, 0.05) is 37.7 Å². The lowest BCUT2D eigenvalue weighted by molar-refractivity contribution is -0.141. The van der Waals surface area contributed by atoms with E-state index in [0.717, 1.165) is 0 Å². The summed E-state index contributed by atoms with van der Waals surface area (Å²) in [6, 6.07) is 5.61. The van der Waals surface area contributed by atoms with Crippen LogP contribution in [0.15, 0.2) is 41.3 Å². The number of carbonyl (C=O) groups is 4. The van der Waals surface area contributed by atoms with Crippen LogP contribution in [0.3, 0.4) is 0 Å². The van der Waals surface area contributed by atoms with Crippen LogP contribution in [0, 0.1) is 17.8 Å². The molecule has 0 unspecified atom stereocenters. The third kappa shape index (κ3) is 5.05. The molecule has 3 aliphatic rings. The van der Waals surface area contributed by atoms with Gasteiger partial charge in [0.2, 0.25) is 33.7 Å². The molecule has 1 aliphatic carbocycles. The van der Waals surface area contributed by atoms with E-state index in [1.807, 2.05) is 12.2 Å². The third-order valence-electron chi connectivity index (χ3n) is 6.82. The first-order chi connectivity index (χ1) is 16.1. The lowest BCUT2D eigenvalue weighted by Gasteiger charge is -2.31. The fourth-order valence-corrected chi connectivity index (χ4v) is 5.33. The number of hydrogen-bond acceptors (Lipinski definition) is 6. The number of sulfonamides is 1. The molecule has 11 heteroatoms. The Labute approximate surface area is 198 Å². The number of hydrogen-bond donors (Lipinski definition) is 2. The van der Waals surface area contributed by atoms with Gasteiger partial charge in [0.25, 0.3) is 0 Å². The summed E-state index contributed by atoms with van der Waals surface area (Å²) in [5, 5.41) is 7.84. The summed E-state index contributed by atoms with van der Waals surface area (Å²) in [4.78, 5) is 53.2. The molecule has 0 spiro atoms. The molecule has 0 saturated carbocycles. The van der Waals surface area contributed by atoms with Gasteiger partial charge in [0.05, 0.1) is 16.7 Å². The van der Waals surface area contributed by atoms with Crippen LogP contribution in [0.25, 0.3) is 0 Å². The molecule has 4 amide bonds. The van der Waals surface area contributed by atoms with Crippen molar-refractivity contribution in [2.24, 2.45) is 22.9 Å². The molecule has 4 rings (SSSR count). The zero-order chi connectivity index (χ0) is 24.5. The van der Waals surface area contributed by atoms with E-state index in [-0.39, 0.29) is 59.2 Å². The molecule has 0 aromatic heterocycles. The summed E-state index contributed by atoms with van der Waals surface area (Å²) in [7, 11) is -3.80. The highest BCUT2D eigenvalue weighted by atomic mass is 32.2. The molecule has 2 aliphatic heterocycles. The smallest absolute Gasteiger partial charge is 0.238 e. The standard InChI is InChI=1S/C23H28N4O6S/c24-34(32,33)17-7-5-16(6-8-17)25-21(29)15-9-12-26(13-10-15)20(28)11-14-27-22(30)18-3-1-2-4-19(18)23(27)31/h1-2,5-8,15,18-19H,3-4,9-14H2,(H,25,29)(H2,24,32,33)/t18-,19-/m1/s1. The van der Waals surface area contributed by atoms with Crippen LogP contribution in [-0.4, -0.2) is 61.5 Å². The van der Waals surface area contributed by atoms with Crippen molar-refractivity contribution < 1.29 is 27.6 Å². The first-order valence-corrected chi connectivity index (χ1v) is 12.9. The maximum Gasteiger partial charge on any atom is 0.238 e. The van der Waals surface area contributed by atoms with Crippen LogP contribution in [0.1, 0.15) is 32.1 Å². The molecule has 1 aromatic carbocycles. The summed E-state index contributed by atoms with van der Waals surface area (Å²) in [5.41, 5.74) is 0.464. The predicted molar refractivity (Wildman–Crippen MR) is 122 cm³/mol. The Morgan fingerprint density at radius 1 is 0.971 bits per heavy atom. The number of amides is 4. The maximum atomic E-state index is 12.7. The molecule has 3 N–H and O–H groups in total. The summed E-state index contributed by atoms with van der Waals surface area (Å²) in [6.07, 6.45) is 6.07. The van der Waals surface area contributed by atoms with E-state index in [1.165, 1.54) is 29.2 Å². The van der Waals surface area contributed by atoms with Gasteiger partial charge in [0.1, 0.15) is 0 Å². The van der Waals surface area contributed by atoms with E-state index < -0.39 is 10.0 Å². The Morgan fingerprint density at radius 3 is 2.06 bits per heavy atom. The van der Waals surface area contributed by atoms with Crippen LogP contribution in [-0.2, 0) is 29.2 Å². The van der Waals surface area contributed by atoms with Crippen LogP contribution in [0.5, 0.6) is 0 Å². The van der Waals surface area contributed by atoms with Crippen LogP contribution >= 0.6 is 0 Å². The molecule has 182 valence electrons. The Kier molecular flexibility index (Phi) is 6.85. The average Bonchev–Trinajstić information content (AvgIpc) is 3.07. The predicted octanol–water partition coefficient (Wildman–Crippen LogP) is 0.852. The van der Waals surface area contributed by atoms with E-state index in [1.54, 1.807) is 4.90 Å². The van der Waals surface area contributed by atoms with Crippen molar-refractivity contribution in [1.82, 2.24) is 9.80 Å². The average molecular weight is 489 g/mol. The second kappa shape index (κ2) is 9.67. The van der Waals surface area contributed by atoms with Gasteiger partial charge in [0.15, 0.2) is 0 Å². The molecule has 2 fully saturated rings. The van der Waals surface area contributed by atoms with Gasteiger partial charge < -0.3 is 10.2 Å². The van der Waals surface area contributed by atoms with Crippen LogP contribution in [0.4, 0.5) is 5.69 Å². The Hall–Kier alpha value is -3.05. The minimum Gasteiger partial charge on any atom is -0.343 e. The van der Waals surface area contributed by atoms with Crippen molar-refractivity contribution in [1.29, 1.82) is 0 Å². The minimum atomic E-state index is -3.80. The highest BCUT2D eigenvalue weighted by molar-refractivity contribution is 7.89. The number of carbonyl (C=O) groups excluding carboxylic acids is 4. The van der Waals surface area contributed by atoms with Gasteiger partial charge in [-0.25, -0.2) is 13.6 Å². The number of nitrogens with two attached hydrogens (primary N) is 1. The van der Waals surface area contributed by atoms with E-state index in [4.69, 9.17) is 5.14 Å². The van der Waals surface area contributed by atoms with Gasteiger partial charge in [-0.05, 0) is 49.9 Å². The number of piperidine rings is 1. The number of benzene rings is 1. The normalized spacial score (nSPS) is 23.2. The molecule has 10 nitrogen and oxygen atoms in total. The van der Waals surface area contributed by atoms with Crippen molar-refractivity contribution in [2.75, 3.05) is 25.0 Å². The molecule has 0 bridgehead atoms. The SMILES string of the molecule is NS(=O)(=O)c1ccc(NC(=O)C2CCN(C(=O)CCN3C(=O)[C@@H]4CC=CC[C@H]4C3=O)CC2)cc1. The third-order valence-corrected chi connectivity index (χ3v) is 7.75. The number of allylic oxidation sites excluding steroid dienone is 2. The number of rotatable bonds is 6. The van der Waals surface area contributed by atoms with Gasteiger partial charge in [-0.3, -0.25) is 24.1 Å². The molecule has 0 radical (unpaired) electrons. The Bertz CT molecular complexity index is 1100. The summed E-state index contributed by atoms with van der Waals surface area (Å²) >= 11 is 0. The number of fused-ring (bicyclic) bond motifs is 1. The van der Waals surface area contributed by atoms with E-state index in [2.05, 4.69) is 5.32 Å². The molecule has 2 heterocycles.